The molecule has 0 bridgehead atoms. The van der Waals surface area contributed by atoms with E-state index in [1.165, 1.54) is 23.0 Å². The summed E-state index contributed by atoms with van der Waals surface area (Å²) in [5.41, 5.74) is 1.28. The highest BCUT2D eigenvalue weighted by Gasteiger charge is 2.32. The van der Waals surface area contributed by atoms with E-state index in [-0.39, 0.29) is 9.77 Å². The number of methoxy groups -OCH3 is 1. The number of carbonyl (C=O) groups excluding carboxylic acids is 1. The Hall–Kier alpha value is -1.74. The molecule has 0 saturated carbocycles. The summed E-state index contributed by atoms with van der Waals surface area (Å²) >= 11 is 1.09. The number of esters is 1. The van der Waals surface area contributed by atoms with Crippen molar-refractivity contribution < 1.29 is 17.9 Å². The lowest BCUT2D eigenvalue weighted by Gasteiger charge is -2.33. The van der Waals surface area contributed by atoms with Gasteiger partial charge in [-0.3, -0.25) is 0 Å². The highest BCUT2D eigenvalue weighted by Crippen LogP contribution is 2.26. The van der Waals surface area contributed by atoms with Crippen LogP contribution in [-0.2, 0) is 21.2 Å². The second-order valence-electron chi connectivity index (χ2n) is 6.09. The van der Waals surface area contributed by atoms with Crippen LogP contribution in [-0.4, -0.2) is 63.4 Å². The molecule has 0 unspecified atom stereocenters. The summed E-state index contributed by atoms with van der Waals surface area (Å²) in [5.74, 6) is -0.611. The van der Waals surface area contributed by atoms with E-state index < -0.39 is 16.0 Å². The van der Waals surface area contributed by atoms with Gasteiger partial charge in [0.25, 0.3) is 0 Å². The molecule has 0 radical (unpaired) electrons. The van der Waals surface area contributed by atoms with Crippen LogP contribution >= 0.6 is 11.3 Å². The maximum Gasteiger partial charge on any atom is 0.349 e. The van der Waals surface area contributed by atoms with Gasteiger partial charge in [-0.05, 0) is 23.4 Å². The molecule has 6 nitrogen and oxygen atoms in total. The second-order valence-corrected chi connectivity index (χ2v) is 8.91. The molecule has 0 spiro atoms. The van der Waals surface area contributed by atoms with Crippen molar-refractivity contribution in [3.05, 3.63) is 52.2 Å². The summed E-state index contributed by atoms with van der Waals surface area (Å²) in [6.45, 7) is 3.12. The maximum atomic E-state index is 12.9. The highest BCUT2D eigenvalue weighted by molar-refractivity contribution is 7.89. The Balaban J connectivity index is 1.60. The number of hydrogen-bond donors (Lipinski definition) is 0. The molecule has 3 rings (SSSR count). The number of rotatable bonds is 6. The average Bonchev–Trinajstić information content (AvgIpc) is 3.18. The lowest BCUT2D eigenvalue weighted by Crippen LogP contribution is -2.49. The van der Waals surface area contributed by atoms with Crippen LogP contribution in [0.1, 0.15) is 15.2 Å². The zero-order chi connectivity index (χ0) is 18.6. The first kappa shape index (κ1) is 19.0. The molecule has 1 fully saturated rings. The standard InChI is InChI=1S/C18H22N2O4S2/c1-24-18(21)17-16(8-14-25-17)26(22,23)20-12-10-19(11-13-20)9-7-15-5-3-2-4-6-15/h2-6,8,14H,7,9-13H2,1H3. The summed E-state index contributed by atoms with van der Waals surface area (Å²) in [6.07, 6.45) is 0.949. The summed E-state index contributed by atoms with van der Waals surface area (Å²) in [7, 11) is -2.42. The van der Waals surface area contributed by atoms with Gasteiger partial charge in [0.2, 0.25) is 10.0 Å². The third kappa shape index (κ3) is 4.15. The SMILES string of the molecule is COC(=O)c1sccc1S(=O)(=O)N1CCN(CCc2ccccc2)CC1. The van der Waals surface area contributed by atoms with Crippen molar-refractivity contribution in [1.29, 1.82) is 0 Å². The number of benzene rings is 1. The van der Waals surface area contributed by atoms with E-state index in [1.54, 1.807) is 5.38 Å². The Labute approximate surface area is 158 Å². The van der Waals surface area contributed by atoms with Gasteiger partial charge in [-0.15, -0.1) is 11.3 Å². The predicted molar refractivity (Wildman–Crippen MR) is 101 cm³/mol. The first-order valence-corrected chi connectivity index (χ1v) is 10.8. The maximum absolute atomic E-state index is 12.9. The summed E-state index contributed by atoms with van der Waals surface area (Å²) < 4.78 is 31.9. The van der Waals surface area contributed by atoms with Crippen LogP contribution < -0.4 is 0 Å². The van der Waals surface area contributed by atoms with Crippen LogP contribution in [0.25, 0.3) is 0 Å². The van der Waals surface area contributed by atoms with Gasteiger partial charge in [0.1, 0.15) is 9.77 Å². The van der Waals surface area contributed by atoms with Crippen molar-refractivity contribution >= 4 is 27.3 Å². The Bertz CT molecular complexity index is 841. The fourth-order valence-corrected chi connectivity index (χ4v) is 5.74. The van der Waals surface area contributed by atoms with Gasteiger partial charge in [-0.25, -0.2) is 13.2 Å². The van der Waals surface area contributed by atoms with Gasteiger partial charge in [0.05, 0.1) is 7.11 Å². The topological polar surface area (TPSA) is 66.9 Å². The number of ether oxygens (including phenoxy) is 1. The molecule has 2 heterocycles. The number of carbonyl (C=O) groups is 1. The van der Waals surface area contributed by atoms with Crippen molar-refractivity contribution in [1.82, 2.24) is 9.21 Å². The van der Waals surface area contributed by atoms with E-state index in [9.17, 15) is 13.2 Å². The van der Waals surface area contributed by atoms with E-state index in [0.717, 1.165) is 24.3 Å². The minimum Gasteiger partial charge on any atom is -0.465 e. The molecule has 2 aromatic rings. The normalized spacial score (nSPS) is 16.5. The number of sulfonamides is 1. The Morgan fingerprint density at radius 3 is 2.46 bits per heavy atom. The Kier molecular flexibility index (Phi) is 6.08. The van der Waals surface area contributed by atoms with Crippen molar-refractivity contribution in [2.45, 2.75) is 11.3 Å². The molecule has 0 aliphatic carbocycles. The largest absolute Gasteiger partial charge is 0.465 e. The molecule has 0 atom stereocenters. The van der Waals surface area contributed by atoms with Crippen LogP contribution in [0, 0.1) is 0 Å². The fourth-order valence-electron chi connectivity index (χ4n) is 3.01. The lowest BCUT2D eigenvalue weighted by molar-refractivity contribution is 0.0602. The lowest BCUT2D eigenvalue weighted by atomic mass is 10.1. The van der Waals surface area contributed by atoms with Gasteiger partial charge in [0.15, 0.2) is 0 Å². The molecule has 26 heavy (non-hydrogen) atoms. The highest BCUT2D eigenvalue weighted by atomic mass is 32.2. The molecular formula is C18H22N2O4S2. The fraction of sp³-hybridized carbons (Fsp3) is 0.389. The summed E-state index contributed by atoms with van der Waals surface area (Å²) in [5, 5.41) is 1.61. The van der Waals surface area contributed by atoms with E-state index >= 15 is 0 Å². The monoisotopic (exact) mass is 394 g/mol. The van der Waals surface area contributed by atoms with Gasteiger partial charge < -0.3 is 9.64 Å². The quantitative estimate of drug-likeness (QED) is 0.702. The van der Waals surface area contributed by atoms with Gasteiger partial charge in [0, 0.05) is 32.7 Å². The van der Waals surface area contributed by atoms with Crippen molar-refractivity contribution in [2.75, 3.05) is 39.8 Å². The van der Waals surface area contributed by atoms with Crippen molar-refractivity contribution in [3.63, 3.8) is 0 Å². The molecule has 0 amide bonds. The minimum absolute atomic E-state index is 0.0482. The smallest absolute Gasteiger partial charge is 0.349 e. The Morgan fingerprint density at radius 1 is 1.12 bits per heavy atom. The molecular weight excluding hydrogens is 372 g/mol. The van der Waals surface area contributed by atoms with Gasteiger partial charge >= 0.3 is 5.97 Å². The number of hydrogen-bond acceptors (Lipinski definition) is 6. The van der Waals surface area contributed by atoms with Crippen LogP contribution in [0.2, 0.25) is 0 Å². The van der Waals surface area contributed by atoms with Crippen molar-refractivity contribution in [2.24, 2.45) is 0 Å². The van der Waals surface area contributed by atoms with Crippen LogP contribution in [0.4, 0.5) is 0 Å². The molecule has 8 heteroatoms. The summed E-state index contributed by atoms with van der Waals surface area (Å²) in [6, 6.07) is 11.7. The van der Waals surface area contributed by atoms with E-state index in [1.807, 2.05) is 18.2 Å². The van der Waals surface area contributed by atoms with E-state index in [0.29, 0.717) is 26.2 Å². The zero-order valence-electron chi connectivity index (χ0n) is 14.6. The molecule has 1 aliphatic heterocycles. The number of piperazine rings is 1. The third-order valence-corrected chi connectivity index (χ3v) is 7.47. The molecule has 1 aromatic carbocycles. The summed E-state index contributed by atoms with van der Waals surface area (Å²) in [4.78, 5) is 14.3. The van der Waals surface area contributed by atoms with Crippen LogP contribution in [0.3, 0.4) is 0 Å². The molecule has 1 aromatic heterocycles. The first-order chi connectivity index (χ1) is 12.5. The predicted octanol–water partition coefficient (Wildman–Crippen LogP) is 2.08. The number of nitrogens with zero attached hydrogens (tertiary/aromatic N) is 2. The van der Waals surface area contributed by atoms with E-state index in [2.05, 4.69) is 21.8 Å². The van der Waals surface area contributed by atoms with Gasteiger partial charge in [-0.2, -0.15) is 4.31 Å². The average molecular weight is 395 g/mol. The van der Waals surface area contributed by atoms with Gasteiger partial charge in [-0.1, -0.05) is 30.3 Å². The molecule has 1 saturated heterocycles. The Morgan fingerprint density at radius 2 is 1.81 bits per heavy atom. The minimum atomic E-state index is -3.68. The van der Waals surface area contributed by atoms with Crippen LogP contribution in [0.5, 0.6) is 0 Å². The molecule has 140 valence electrons. The van der Waals surface area contributed by atoms with Crippen LogP contribution in [0.15, 0.2) is 46.7 Å². The van der Waals surface area contributed by atoms with Crippen molar-refractivity contribution in [3.8, 4) is 0 Å². The third-order valence-electron chi connectivity index (χ3n) is 4.51. The molecule has 0 N–H and O–H groups in total. The first-order valence-electron chi connectivity index (χ1n) is 8.44. The second kappa shape index (κ2) is 8.30. The van der Waals surface area contributed by atoms with E-state index in [4.69, 9.17) is 0 Å². The molecule has 1 aliphatic rings. The zero-order valence-corrected chi connectivity index (χ0v) is 16.3. The number of thiophene rings is 1.